The van der Waals surface area contributed by atoms with Gasteiger partial charge in [-0.2, -0.15) is 13.2 Å². The van der Waals surface area contributed by atoms with Gasteiger partial charge in [-0.1, -0.05) is 41.9 Å². The van der Waals surface area contributed by atoms with Crippen molar-refractivity contribution in [2.24, 2.45) is 0 Å². The van der Waals surface area contributed by atoms with Crippen molar-refractivity contribution in [2.75, 3.05) is 5.32 Å². The Bertz CT molecular complexity index is 1110. The van der Waals surface area contributed by atoms with Crippen molar-refractivity contribution < 1.29 is 27.6 Å². The van der Waals surface area contributed by atoms with Crippen LogP contribution in [0.1, 0.15) is 17.2 Å². The highest BCUT2D eigenvalue weighted by Crippen LogP contribution is 2.35. The summed E-state index contributed by atoms with van der Waals surface area (Å²) in [6, 6.07) is 13.1. The van der Waals surface area contributed by atoms with Crippen molar-refractivity contribution in [3.8, 4) is 5.75 Å². The first kappa shape index (κ1) is 22.0. The third-order valence-electron chi connectivity index (χ3n) is 4.06. The van der Waals surface area contributed by atoms with Crippen LogP contribution in [0.4, 0.5) is 24.7 Å². The number of halogens is 4. The second kappa shape index (κ2) is 9.00. The van der Waals surface area contributed by atoms with Crippen molar-refractivity contribution in [1.29, 1.82) is 0 Å². The zero-order chi connectivity index (χ0) is 22.6. The summed E-state index contributed by atoms with van der Waals surface area (Å²) in [5.41, 5.74) is -0.986. The van der Waals surface area contributed by atoms with E-state index >= 15 is 0 Å². The molecule has 0 spiro atoms. The lowest BCUT2D eigenvalue weighted by Crippen LogP contribution is -2.26. The monoisotopic (exact) mass is 451 g/mol. The van der Waals surface area contributed by atoms with Gasteiger partial charge in [0.25, 0.3) is 5.91 Å². The van der Waals surface area contributed by atoms with Crippen molar-refractivity contribution in [3.05, 3.63) is 93.1 Å². The van der Waals surface area contributed by atoms with E-state index in [-0.39, 0.29) is 16.5 Å². The molecule has 0 radical (unpaired) electrons. The van der Waals surface area contributed by atoms with E-state index in [1.54, 1.807) is 18.2 Å². The van der Waals surface area contributed by atoms with Crippen molar-refractivity contribution in [1.82, 2.24) is 4.98 Å². The molecule has 11 heteroatoms. The number of rotatable bonds is 6. The number of anilines is 1. The van der Waals surface area contributed by atoms with Crippen LogP contribution in [0.2, 0.25) is 5.02 Å². The number of carbonyl (C=O) groups excluding carboxylic acids is 1. The molecule has 1 amide bonds. The standard InChI is InChI=1S/C20H13ClF3N3O4/c21-14-9-8-13(20(22,23)24)11-15(14)26-19(28)17(12-5-2-1-3-6-12)31-16-7-4-10-25-18(16)27(29)30/h1-11,17H,(H,26,28)/t17-/m0/s1. The minimum atomic E-state index is -4.64. The molecule has 1 heterocycles. The van der Waals surface area contributed by atoms with E-state index in [9.17, 15) is 28.1 Å². The number of amides is 1. The first-order valence-electron chi connectivity index (χ1n) is 8.65. The quantitative estimate of drug-likeness (QED) is 0.399. The molecule has 0 saturated heterocycles. The van der Waals surface area contributed by atoms with Crippen molar-refractivity contribution in [2.45, 2.75) is 12.3 Å². The van der Waals surface area contributed by atoms with E-state index in [2.05, 4.69) is 10.3 Å². The molecule has 160 valence electrons. The van der Waals surface area contributed by atoms with Crippen LogP contribution in [0.5, 0.6) is 5.75 Å². The maximum Gasteiger partial charge on any atom is 0.416 e. The van der Waals surface area contributed by atoms with Crippen molar-refractivity contribution in [3.63, 3.8) is 0 Å². The SMILES string of the molecule is O=C(Nc1cc(C(F)(F)F)ccc1Cl)[C@@H](Oc1cccnc1[N+](=O)[O-])c1ccccc1. The Labute approximate surface area is 178 Å². The number of aromatic nitrogens is 1. The third kappa shape index (κ3) is 5.28. The fourth-order valence-electron chi connectivity index (χ4n) is 2.63. The van der Waals surface area contributed by atoms with Crippen LogP contribution in [0, 0.1) is 10.1 Å². The molecule has 7 nitrogen and oxygen atoms in total. The molecule has 0 aliphatic carbocycles. The van der Waals surface area contributed by atoms with Crippen LogP contribution in [-0.2, 0) is 11.0 Å². The van der Waals surface area contributed by atoms with Crippen molar-refractivity contribution >= 4 is 29.0 Å². The minimum Gasteiger partial charge on any atom is -0.467 e. The summed E-state index contributed by atoms with van der Waals surface area (Å²) >= 11 is 5.95. The minimum absolute atomic E-state index is 0.125. The van der Waals surface area contributed by atoms with Gasteiger partial charge in [0.2, 0.25) is 11.9 Å². The van der Waals surface area contributed by atoms with Crippen LogP contribution >= 0.6 is 11.6 Å². The number of alkyl halides is 3. The largest absolute Gasteiger partial charge is 0.467 e. The highest BCUT2D eigenvalue weighted by Gasteiger charge is 2.32. The van der Waals surface area contributed by atoms with Crippen LogP contribution < -0.4 is 10.1 Å². The second-order valence-electron chi connectivity index (χ2n) is 6.17. The average Bonchev–Trinajstić information content (AvgIpc) is 2.73. The van der Waals surface area contributed by atoms with E-state index in [0.29, 0.717) is 11.6 Å². The Balaban J connectivity index is 1.96. The molecule has 3 aromatic rings. The Morgan fingerprint density at radius 3 is 2.48 bits per heavy atom. The molecule has 0 bridgehead atoms. The molecular formula is C20H13ClF3N3O4. The predicted molar refractivity (Wildman–Crippen MR) is 106 cm³/mol. The van der Waals surface area contributed by atoms with Crippen LogP contribution in [0.3, 0.4) is 0 Å². The lowest BCUT2D eigenvalue weighted by Gasteiger charge is -2.19. The molecule has 0 aliphatic rings. The molecule has 1 atom stereocenters. The fraction of sp³-hybridized carbons (Fsp3) is 0.100. The Morgan fingerprint density at radius 1 is 1.13 bits per heavy atom. The zero-order valence-electron chi connectivity index (χ0n) is 15.5. The summed E-state index contributed by atoms with van der Waals surface area (Å²) in [5, 5.41) is 13.4. The lowest BCUT2D eigenvalue weighted by atomic mass is 10.1. The van der Waals surface area contributed by atoms with E-state index in [4.69, 9.17) is 16.3 Å². The summed E-state index contributed by atoms with van der Waals surface area (Å²) in [6.45, 7) is 0. The summed E-state index contributed by atoms with van der Waals surface area (Å²) in [4.78, 5) is 27.0. The molecular weight excluding hydrogens is 439 g/mol. The van der Waals surface area contributed by atoms with Crippen LogP contribution in [-0.4, -0.2) is 15.8 Å². The van der Waals surface area contributed by atoms with E-state index in [1.807, 2.05) is 0 Å². The Hall–Kier alpha value is -3.66. The fourth-order valence-corrected chi connectivity index (χ4v) is 2.80. The number of carbonyl (C=O) groups is 1. The number of hydrogen-bond donors (Lipinski definition) is 1. The summed E-state index contributed by atoms with van der Waals surface area (Å²) < 4.78 is 44.6. The van der Waals surface area contributed by atoms with Gasteiger partial charge in [0.05, 0.1) is 16.3 Å². The van der Waals surface area contributed by atoms with Gasteiger partial charge in [-0.25, -0.2) is 0 Å². The number of nitrogens with one attached hydrogen (secondary N) is 1. The number of nitrogens with zero attached hydrogens (tertiary/aromatic N) is 2. The number of ether oxygens (including phenoxy) is 1. The second-order valence-corrected chi connectivity index (χ2v) is 6.58. The molecule has 2 aromatic carbocycles. The highest BCUT2D eigenvalue weighted by atomic mass is 35.5. The summed E-state index contributed by atoms with van der Waals surface area (Å²) in [7, 11) is 0. The number of hydrogen-bond acceptors (Lipinski definition) is 5. The van der Waals surface area contributed by atoms with E-state index in [0.717, 1.165) is 12.1 Å². The first-order valence-corrected chi connectivity index (χ1v) is 9.03. The smallest absolute Gasteiger partial charge is 0.416 e. The number of pyridine rings is 1. The topological polar surface area (TPSA) is 94.4 Å². The van der Waals surface area contributed by atoms with Gasteiger partial charge in [-0.3, -0.25) is 4.79 Å². The maximum atomic E-state index is 13.0. The predicted octanol–water partition coefficient (Wildman–Crippen LogP) is 5.42. The number of benzene rings is 2. The summed E-state index contributed by atoms with van der Waals surface area (Å²) in [5.74, 6) is -1.79. The molecule has 1 N–H and O–H groups in total. The van der Waals surface area contributed by atoms with Gasteiger partial charge < -0.3 is 20.2 Å². The lowest BCUT2D eigenvalue weighted by molar-refractivity contribution is -0.390. The van der Waals surface area contributed by atoms with Gasteiger partial charge in [0.1, 0.15) is 6.20 Å². The number of nitro groups is 1. The van der Waals surface area contributed by atoms with Gasteiger partial charge in [0, 0.05) is 5.56 Å². The molecule has 3 rings (SSSR count). The summed E-state index contributed by atoms with van der Waals surface area (Å²) in [6.07, 6.45) is -4.89. The molecule has 0 saturated carbocycles. The first-order chi connectivity index (χ1) is 14.7. The Kier molecular flexibility index (Phi) is 6.40. The Morgan fingerprint density at radius 2 is 1.84 bits per heavy atom. The average molecular weight is 452 g/mol. The molecule has 31 heavy (non-hydrogen) atoms. The van der Waals surface area contributed by atoms with Gasteiger partial charge >= 0.3 is 12.0 Å². The van der Waals surface area contributed by atoms with Crippen LogP contribution in [0.25, 0.3) is 0 Å². The van der Waals surface area contributed by atoms with Gasteiger partial charge in [0.15, 0.2) is 0 Å². The normalized spacial score (nSPS) is 12.1. The molecule has 0 aliphatic heterocycles. The third-order valence-corrected chi connectivity index (χ3v) is 4.39. The molecule has 0 fully saturated rings. The van der Waals surface area contributed by atoms with Gasteiger partial charge in [-0.15, -0.1) is 0 Å². The highest BCUT2D eigenvalue weighted by molar-refractivity contribution is 6.33. The van der Waals surface area contributed by atoms with Crippen LogP contribution in [0.15, 0.2) is 66.9 Å². The van der Waals surface area contributed by atoms with E-state index in [1.165, 1.54) is 30.5 Å². The van der Waals surface area contributed by atoms with E-state index < -0.39 is 34.5 Å². The molecule has 0 unspecified atom stereocenters. The zero-order valence-corrected chi connectivity index (χ0v) is 16.2. The maximum absolute atomic E-state index is 13.0. The molecule has 1 aromatic heterocycles. The van der Waals surface area contributed by atoms with Gasteiger partial charge in [-0.05, 0) is 40.2 Å².